The van der Waals surface area contributed by atoms with E-state index in [-0.39, 0.29) is 18.0 Å². The van der Waals surface area contributed by atoms with Crippen LogP contribution < -0.4 is 4.72 Å². The van der Waals surface area contributed by atoms with Crippen LogP contribution >= 0.6 is 0 Å². The lowest BCUT2D eigenvalue weighted by atomic mass is 10.1. The van der Waals surface area contributed by atoms with E-state index in [0.29, 0.717) is 18.5 Å². The Morgan fingerprint density at radius 2 is 2.19 bits per heavy atom. The standard InChI is InChI=1S/C14H19N3O3S/c1-2-13-4-3-12(10-18)9-14(13)21(19,20)16-6-8-17-7-5-15-11-17/h3-5,7,9,11,16,18H,2,6,8,10H2,1H3. The molecule has 6 nitrogen and oxygen atoms in total. The molecule has 0 aliphatic rings. The van der Waals surface area contributed by atoms with E-state index in [9.17, 15) is 8.42 Å². The van der Waals surface area contributed by atoms with Crippen molar-refractivity contribution in [3.05, 3.63) is 48.0 Å². The summed E-state index contributed by atoms with van der Waals surface area (Å²) in [7, 11) is -3.58. The van der Waals surface area contributed by atoms with Crippen molar-refractivity contribution in [3.8, 4) is 0 Å². The fourth-order valence-electron chi connectivity index (χ4n) is 2.05. The van der Waals surface area contributed by atoms with Crippen molar-refractivity contribution in [1.29, 1.82) is 0 Å². The van der Waals surface area contributed by atoms with Crippen LogP contribution in [-0.4, -0.2) is 29.6 Å². The number of nitrogens with zero attached hydrogens (tertiary/aromatic N) is 2. The first-order valence-electron chi connectivity index (χ1n) is 6.75. The van der Waals surface area contributed by atoms with Gasteiger partial charge in [0.25, 0.3) is 0 Å². The first-order valence-corrected chi connectivity index (χ1v) is 8.23. The Morgan fingerprint density at radius 3 is 2.81 bits per heavy atom. The van der Waals surface area contributed by atoms with Gasteiger partial charge in [0.1, 0.15) is 0 Å². The topological polar surface area (TPSA) is 84.2 Å². The number of aliphatic hydroxyl groups excluding tert-OH is 1. The minimum absolute atomic E-state index is 0.179. The maximum Gasteiger partial charge on any atom is 0.240 e. The van der Waals surface area contributed by atoms with Crippen molar-refractivity contribution in [2.24, 2.45) is 0 Å². The van der Waals surface area contributed by atoms with Crippen molar-refractivity contribution in [2.45, 2.75) is 31.4 Å². The van der Waals surface area contributed by atoms with Gasteiger partial charge in [0.2, 0.25) is 10.0 Å². The summed E-state index contributed by atoms with van der Waals surface area (Å²) < 4.78 is 29.2. The Balaban J connectivity index is 2.14. The molecule has 0 saturated carbocycles. The van der Waals surface area contributed by atoms with E-state index >= 15 is 0 Å². The zero-order valence-electron chi connectivity index (χ0n) is 11.9. The van der Waals surface area contributed by atoms with Crippen LogP contribution in [0.3, 0.4) is 0 Å². The molecule has 1 heterocycles. The van der Waals surface area contributed by atoms with Gasteiger partial charge in [-0.1, -0.05) is 19.1 Å². The highest BCUT2D eigenvalue weighted by molar-refractivity contribution is 7.89. The van der Waals surface area contributed by atoms with Crippen molar-refractivity contribution in [2.75, 3.05) is 6.54 Å². The molecule has 1 aromatic heterocycles. The van der Waals surface area contributed by atoms with Crippen LogP contribution in [0.25, 0.3) is 0 Å². The Hall–Kier alpha value is -1.70. The summed E-state index contributed by atoms with van der Waals surface area (Å²) in [6.07, 6.45) is 5.67. The fourth-order valence-corrected chi connectivity index (χ4v) is 3.43. The van der Waals surface area contributed by atoms with E-state index in [1.165, 1.54) is 6.07 Å². The van der Waals surface area contributed by atoms with Crippen molar-refractivity contribution < 1.29 is 13.5 Å². The highest BCUT2D eigenvalue weighted by Crippen LogP contribution is 2.18. The lowest BCUT2D eigenvalue weighted by molar-refractivity contribution is 0.281. The molecule has 0 aliphatic heterocycles. The lowest BCUT2D eigenvalue weighted by Crippen LogP contribution is -2.28. The van der Waals surface area contributed by atoms with Crippen molar-refractivity contribution in [1.82, 2.24) is 14.3 Å². The van der Waals surface area contributed by atoms with Crippen LogP contribution in [0.4, 0.5) is 0 Å². The maximum atomic E-state index is 12.4. The number of aliphatic hydroxyl groups is 1. The molecule has 1 aromatic carbocycles. The van der Waals surface area contributed by atoms with Gasteiger partial charge in [0, 0.05) is 25.5 Å². The van der Waals surface area contributed by atoms with Gasteiger partial charge < -0.3 is 9.67 Å². The van der Waals surface area contributed by atoms with Crippen LogP contribution in [0.5, 0.6) is 0 Å². The third-order valence-corrected chi connectivity index (χ3v) is 4.75. The van der Waals surface area contributed by atoms with Gasteiger partial charge in [0.15, 0.2) is 0 Å². The van der Waals surface area contributed by atoms with E-state index in [0.717, 1.165) is 5.56 Å². The number of rotatable bonds is 7. The SMILES string of the molecule is CCc1ccc(CO)cc1S(=O)(=O)NCCn1ccnc1. The quantitative estimate of drug-likeness (QED) is 0.796. The highest BCUT2D eigenvalue weighted by atomic mass is 32.2. The summed E-state index contributed by atoms with van der Waals surface area (Å²) >= 11 is 0. The maximum absolute atomic E-state index is 12.4. The summed E-state index contributed by atoms with van der Waals surface area (Å²) in [6.45, 7) is 2.52. The van der Waals surface area contributed by atoms with Gasteiger partial charge in [-0.15, -0.1) is 0 Å². The largest absolute Gasteiger partial charge is 0.392 e. The van der Waals surface area contributed by atoms with Gasteiger partial charge in [-0.3, -0.25) is 0 Å². The predicted molar refractivity (Wildman–Crippen MR) is 79.2 cm³/mol. The van der Waals surface area contributed by atoms with Gasteiger partial charge in [-0.05, 0) is 23.6 Å². The molecule has 2 N–H and O–H groups in total. The van der Waals surface area contributed by atoms with Crippen LogP contribution in [0, 0.1) is 0 Å². The molecule has 0 unspecified atom stereocenters. The number of nitrogens with one attached hydrogen (secondary N) is 1. The number of sulfonamides is 1. The molecule has 0 spiro atoms. The second kappa shape index (κ2) is 6.84. The molecule has 0 saturated heterocycles. The van der Waals surface area contributed by atoms with Crippen LogP contribution in [-0.2, 0) is 29.6 Å². The van der Waals surface area contributed by atoms with E-state index in [1.807, 2.05) is 6.92 Å². The van der Waals surface area contributed by atoms with E-state index in [2.05, 4.69) is 9.71 Å². The fraction of sp³-hybridized carbons (Fsp3) is 0.357. The smallest absolute Gasteiger partial charge is 0.240 e. The molecule has 21 heavy (non-hydrogen) atoms. The predicted octanol–water partition coefficient (Wildman–Crippen LogP) is 0.916. The minimum Gasteiger partial charge on any atom is -0.392 e. The van der Waals surface area contributed by atoms with E-state index in [1.54, 1.807) is 35.4 Å². The molecule has 114 valence electrons. The highest BCUT2D eigenvalue weighted by Gasteiger charge is 2.17. The molecule has 0 aliphatic carbocycles. The first kappa shape index (κ1) is 15.7. The summed E-state index contributed by atoms with van der Waals surface area (Å²) in [5.41, 5.74) is 1.32. The molecular formula is C14H19N3O3S. The number of aromatic nitrogens is 2. The number of benzene rings is 1. The average Bonchev–Trinajstić information content (AvgIpc) is 2.99. The third kappa shape index (κ3) is 3.90. The Kier molecular flexibility index (Phi) is 5.11. The number of aryl methyl sites for hydroxylation is 1. The number of hydrogen-bond donors (Lipinski definition) is 2. The molecule has 0 bridgehead atoms. The first-order chi connectivity index (χ1) is 10.1. The van der Waals surface area contributed by atoms with Gasteiger partial charge >= 0.3 is 0 Å². The molecule has 2 aromatic rings. The van der Waals surface area contributed by atoms with Crippen LogP contribution in [0.2, 0.25) is 0 Å². The average molecular weight is 309 g/mol. The monoisotopic (exact) mass is 309 g/mol. The van der Waals surface area contributed by atoms with Gasteiger partial charge in [-0.25, -0.2) is 18.1 Å². The zero-order valence-corrected chi connectivity index (χ0v) is 12.7. The molecule has 0 amide bonds. The van der Waals surface area contributed by atoms with E-state index < -0.39 is 10.0 Å². The van der Waals surface area contributed by atoms with Crippen LogP contribution in [0.15, 0.2) is 41.8 Å². The molecular weight excluding hydrogens is 290 g/mol. The summed E-state index contributed by atoms with van der Waals surface area (Å²) in [5, 5.41) is 9.17. The molecule has 2 rings (SSSR count). The molecule has 0 fully saturated rings. The minimum atomic E-state index is -3.58. The van der Waals surface area contributed by atoms with Crippen LogP contribution in [0.1, 0.15) is 18.1 Å². The second-order valence-electron chi connectivity index (χ2n) is 4.65. The lowest BCUT2D eigenvalue weighted by Gasteiger charge is -2.12. The van der Waals surface area contributed by atoms with Crippen molar-refractivity contribution in [3.63, 3.8) is 0 Å². The second-order valence-corrected chi connectivity index (χ2v) is 6.39. The normalized spacial score (nSPS) is 11.7. The Bertz CT molecular complexity index is 681. The van der Waals surface area contributed by atoms with Crippen molar-refractivity contribution >= 4 is 10.0 Å². The summed E-state index contributed by atoms with van der Waals surface area (Å²) in [5.74, 6) is 0. The summed E-state index contributed by atoms with van der Waals surface area (Å²) in [6, 6.07) is 5.01. The zero-order chi connectivity index (χ0) is 15.3. The summed E-state index contributed by atoms with van der Waals surface area (Å²) in [4.78, 5) is 4.14. The van der Waals surface area contributed by atoms with Gasteiger partial charge in [0.05, 0.1) is 17.8 Å². The molecule has 0 atom stereocenters. The molecule has 7 heteroatoms. The number of hydrogen-bond acceptors (Lipinski definition) is 4. The molecule has 0 radical (unpaired) electrons. The van der Waals surface area contributed by atoms with E-state index in [4.69, 9.17) is 5.11 Å². The Morgan fingerprint density at radius 1 is 1.38 bits per heavy atom. The Labute approximate surface area is 124 Å². The third-order valence-electron chi connectivity index (χ3n) is 3.21. The number of imidazole rings is 1. The van der Waals surface area contributed by atoms with Gasteiger partial charge in [-0.2, -0.15) is 0 Å².